The molecule has 3 aromatic rings. The van der Waals surface area contributed by atoms with E-state index in [4.69, 9.17) is 0 Å². The molecule has 22 heavy (non-hydrogen) atoms. The molecule has 0 N–H and O–H groups in total. The van der Waals surface area contributed by atoms with Crippen molar-refractivity contribution in [1.82, 2.24) is 14.1 Å². The first kappa shape index (κ1) is 13.6. The number of hydrogen-bond donors (Lipinski definition) is 0. The summed E-state index contributed by atoms with van der Waals surface area (Å²) in [5.41, 5.74) is 2.77. The van der Waals surface area contributed by atoms with Crippen LogP contribution in [0.15, 0.2) is 49.2 Å². The molecule has 3 nitrogen and oxygen atoms in total. The maximum atomic E-state index is 4.31. The summed E-state index contributed by atoms with van der Waals surface area (Å²) >= 11 is 0. The molecule has 1 saturated carbocycles. The minimum atomic E-state index is 0.411. The fourth-order valence-corrected chi connectivity index (χ4v) is 4.15. The van der Waals surface area contributed by atoms with Crippen molar-refractivity contribution in [2.24, 2.45) is 13.0 Å². The van der Waals surface area contributed by atoms with E-state index >= 15 is 0 Å². The van der Waals surface area contributed by atoms with Gasteiger partial charge in [0.1, 0.15) is 0 Å². The number of nitrogens with zero attached hydrogens (tertiary/aromatic N) is 3. The number of rotatable bonds is 3. The highest BCUT2D eigenvalue weighted by Gasteiger charge is 2.28. The maximum absolute atomic E-state index is 4.31. The lowest BCUT2D eigenvalue weighted by molar-refractivity contribution is 0.280. The monoisotopic (exact) mass is 293 g/mol. The third-order valence-corrected chi connectivity index (χ3v) is 5.19. The smallest absolute Gasteiger partial charge is 0.0951 e. The standard InChI is InChI=1S/C19H23N3/c1-21-13-17(16-9-5-6-10-18(16)21)19(22-12-11-20-14-22)15-7-3-2-4-8-15/h5-6,9-15,19H,2-4,7-8H2,1H3. The van der Waals surface area contributed by atoms with Crippen LogP contribution in [0.25, 0.3) is 10.9 Å². The summed E-state index contributed by atoms with van der Waals surface area (Å²) < 4.78 is 4.58. The largest absolute Gasteiger partial charge is 0.350 e. The van der Waals surface area contributed by atoms with Gasteiger partial charge in [0.15, 0.2) is 0 Å². The zero-order valence-corrected chi connectivity index (χ0v) is 13.2. The second kappa shape index (κ2) is 5.64. The highest BCUT2D eigenvalue weighted by molar-refractivity contribution is 5.84. The van der Waals surface area contributed by atoms with Gasteiger partial charge in [-0.05, 0) is 24.8 Å². The topological polar surface area (TPSA) is 22.8 Å². The number of hydrogen-bond acceptors (Lipinski definition) is 1. The quantitative estimate of drug-likeness (QED) is 0.695. The molecule has 0 saturated heterocycles. The SMILES string of the molecule is Cn1cc(C(C2CCCCC2)n2ccnc2)c2ccccc21. The Bertz CT molecular complexity index is 748. The van der Waals surface area contributed by atoms with Crippen LogP contribution in [0, 0.1) is 5.92 Å². The summed E-state index contributed by atoms with van der Waals surface area (Å²) in [6.45, 7) is 0. The summed E-state index contributed by atoms with van der Waals surface area (Å²) in [6, 6.07) is 9.16. The Morgan fingerprint density at radius 2 is 1.95 bits per heavy atom. The Morgan fingerprint density at radius 1 is 1.14 bits per heavy atom. The first-order valence-corrected chi connectivity index (χ1v) is 8.36. The number of aryl methyl sites for hydroxylation is 1. The van der Waals surface area contributed by atoms with Gasteiger partial charge in [-0.25, -0.2) is 4.98 Å². The van der Waals surface area contributed by atoms with E-state index in [1.807, 2.05) is 12.5 Å². The molecule has 3 heteroatoms. The fraction of sp³-hybridized carbons (Fsp3) is 0.421. The van der Waals surface area contributed by atoms with Crippen LogP contribution < -0.4 is 0 Å². The number of imidazole rings is 1. The van der Waals surface area contributed by atoms with Gasteiger partial charge in [0.2, 0.25) is 0 Å². The van der Waals surface area contributed by atoms with E-state index in [9.17, 15) is 0 Å². The molecule has 1 fully saturated rings. The molecule has 4 rings (SSSR count). The van der Waals surface area contributed by atoms with Crippen molar-refractivity contribution < 1.29 is 0 Å². The third kappa shape index (κ3) is 2.25. The van der Waals surface area contributed by atoms with Gasteiger partial charge in [0, 0.05) is 42.1 Å². The van der Waals surface area contributed by atoms with Gasteiger partial charge >= 0.3 is 0 Å². The van der Waals surface area contributed by atoms with Gasteiger partial charge in [-0.1, -0.05) is 37.5 Å². The predicted molar refractivity (Wildman–Crippen MR) is 89.9 cm³/mol. The molecule has 114 valence electrons. The van der Waals surface area contributed by atoms with E-state index in [1.165, 1.54) is 48.6 Å². The maximum Gasteiger partial charge on any atom is 0.0951 e. The summed E-state index contributed by atoms with van der Waals surface area (Å²) in [5.74, 6) is 0.716. The second-order valence-electron chi connectivity index (χ2n) is 6.57. The lowest BCUT2D eigenvalue weighted by atomic mass is 9.81. The van der Waals surface area contributed by atoms with Crippen molar-refractivity contribution >= 4 is 10.9 Å². The van der Waals surface area contributed by atoms with Crippen LogP contribution in [-0.2, 0) is 7.05 Å². The molecule has 1 aromatic carbocycles. The Kier molecular flexibility index (Phi) is 3.49. The lowest BCUT2D eigenvalue weighted by Crippen LogP contribution is -2.22. The highest BCUT2D eigenvalue weighted by atomic mass is 15.1. The summed E-state index contributed by atoms with van der Waals surface area (Å²) in [4.78, 5) is 4.31. The molecule has 1 unspecified atom stereocenters. The number of aromatic nitrogens is 3. The average molecular weight is 293 g/mol. The molecule has 1 aliphatic carbocycles. The van der Waals surface area contributed by atoms with Gasteiger partial charge < -0.3 is 9.13 Å². The van der Waals surface area contributed by atoms with Gasteiger partial charge in [-0.2, -0.15) is 0 Å². The molecule has 0 amide bonds. The molecule has 2 aromatic heterocycles. The van der Waals surface area contributed by atoms with Gasteiger partial charge in [0.05, 0.1) is 12.4 Å². The van der Waals surface area contributed by atoms with Crippen LogP contribution in [0.3, 0.4) is 0 Å². The molecule has 0 radical (unpaired) electrons. The zero-order chi connectivity index (χ0) is 14.9. The van der Waals surface area contributed by atoms with Gasteiger partial charge in [-0.3, -0.25) is 0 Å². The van der Waals surface area contributed by atoms with E-state index in [2.05, 4.69) is 57.8 Å². The van der Waals surface area contributed by atoms with Crippen LogP contribution >= 0.6 is 0 Å². The molecule has 1 aliphatic rings. The second-order valence-corrected chi connectivity index (χ2v) is 6.57. The minimum absolute atomic E-state index is 0.411. The minimum Gasteiger partial charge on any atom is -0.350 e. The molecule has 0 bridgehead atoms. The Labute approximate surface area is 131 Å². The molecule has 0 spiro atoms. The Hall–Kier alpha value is -2.03. The van der Waals surface area contributed by atoms with E-state index < -0.39 is 0 Å². The highest BCUT2D eigenvalue weighted by Crippen LogP contribution is 2.40. The molecule has 0 aliphatic heterocycles. The van der Waals surface area contributed by atoms with E-state index in [0.29, 0.717) is 12.0 Å². The fourth-order valence-electron chi connectivity index (χ4n) is 4.15. The zero-order valence-electron chi connectivity index (χ0n) is 13.2. The summed E-state index contributed by atoms with van der Waals surface area (Å²) in [7, 11) is 2.15. The Balaban J connectivity index is 1.85. The molecular formula is C19H23N3. The van der Waals surface area contributed by atoms with Gasteiger partial charge in [-0.15, -0.1) is 0 Å². The third-order valence-electron chi connectivity index (χ3n) is 5.19. The molecular weight excluding hydrogens is 270 g/mol. The average Bonchev–Trinajstić information content (AvgIpc) is 3.19. The van der Waals surface area contributed by atoms with Crippen LogP contribution in [-0.4, -0.2) is 14.1 Å². The number of para-hydroxylation sites is 1. The van der Waals surface area contributed by atoms with Crippen molar-refractivity contribution in [2.45, 2.75) is 38.1 Å². The van der Waals surface area contributed by atoms with Crippen molar-refractivity contribution in [3.05, 3.63) is 54.7 Å². The number of benzene rings is 1. The Morgan fingerprint density at radius 3 is 2.73 bits per heavy atom. The lowest BCUT2D eigenvalue weighted by Gasteiger charge is -2.31. The van der Waals surface area contributed by atoms with Crippen molar-refractivity contribution in [3.8, 4) is 0 Å². The van der Waals surface area contributed by atoms with Crippen molar-refractivity contribution in [3.63, 3.8) is 0 Å². The van der Waals surface area contributed by atoms with E-state index in [0.717, 1.165) is 0 Å². The van der Waals surface area contributed by atoms with E-state index in [1.54, 1.807) is 0 Å². The normalized spacial score (nSPS) is 17.9. The van der Waals surface area contributed by atoms with Crippen molar-refractivity contribution in [1.29, 1.82) is 0 Å². The molecule has 1 atom stereocenters. The first-order valence-electron chi connectivity index (χ1n) is 8.36. The van der Waals surface area contributed by atoms with Crippen molar-refractivity contribution in [2.75, 3.05) is 0 Å². The molecule has 2 heterocycles. The van der Waals surface area contributed by atoms with Crippen LogP contribution in [0.5, 0.6) is 0 Å². The van der Waals surface area contributed by atoms with Crippen LogP contribution in [0.2, 0.25) is 0 Å². The van der Waals surface area contributed by atoms with Crippen LogP contribution in [0.4, 0.5) is 0 Å². The van der Waals surface area contributed by atoms with Crippen LogP contribution in [0.1, 0.15) is 43.7 Å². The predicted octanol–water partition coefficient (Wildman–Crippen LogP) is 4.54. The number of fused-ring (bicyclic) bond motifs is 1. The van der Waals surface area contributed by atoms with E-state index in [-0.39, 0.29) is 0 Å². The summed E-state index contributed by atoms with van der Waals surface area (Å²) in [6.07, 6.45) is 15.1. The van der Waals surface area contributed by atoms with Gasteiger partial charge in [0.25, 0.3) is 0 Å². The first-order chi connectivity index (χ1) is 10.8. The summed E-state index contributed by atoms with van der Waals surface area (Å²) in [5, 5.41) is 1.38.